The highest BCUT2D eigenvalue weighted by Gasteiger charge is 2.48. The molecule has 5 fully saturated rings. The van der Waals surface area contributed by atoms with Crippen molar-refractivity contribution in [2.75, 3.05) is 26.7 Å². The van der Waals surface area contributed by atoms with Gasteiger partial charge in [-0.25, -0.2) is 0 Å². The van der Waals surface area contributed by atoms with Gasteiger partial charge in [-0.05, 0) is 75.2 Å². The topological polar surface area (TPSA) is 61.4 Å². The minimum absolute atomic E-state index is 0.0396. The average molecular weight is 333 g/mol. The van der Waals surface area contributed by atoms with E-state index in [1.54, 1.807) is 7.05 Å². The standard InChI is InChI=1S/C19H31N3O2/c1-20-19(24)14-3-2-4-22(10-14)11-17(23)21-18-15-6-12-5-13(8-15)9-16(18)7-12/h12-16,18H,2-11H2,1H3,(H,20,24)(H,21,23). The monoisotopic (exact) mass is 333 g/mol. The van der Waals surface area contributed by atoms with Gasteiger partial charge in [0.15, 0.2) is 0 Å². The molecule has 5 aliphatic rings. The minimum atomic E-state index is 0.0396. The van der Waals surface area contributed by atoms with Crippen LogP contribution in [0.3, 0.4) is 0 Å². The number of likely N-dealkylation sites (tertiary alicyclic amines) is 1. The lowest BCUT2D eigenvalue weighted by atomic mass is 9.54. The molecule has 0 radical (unpaired) electrons. The van der Waals surface area contributed by atoms with Gasteiger partial charge in [0.2, 0.25) is 11.8 Å². The van der Waals surface area contributed by atoms with Gasteiger partial charge in [-0.3, -0.25) is 14.5 Å². The summed E-state index contributed by atoms with van der Waals surface area (Å²) in [4.78, 5) is 26.6. The van der Waals surface area contributed by atoms with Crippen LogP contribution >= 0.6 is 0 Å². The molecular formula is C19H31N3O2. The summed E-state index contributed by atoms with van der Waals surface area (Å²) >= 11 is 0. The van der Waals surface area contributed by atoms with Crippen LogP contribution in [0.15, 0.2) is 0 Å². The fourth-order valence-corrected chi connectivity index (χ4v) is 6.21. The highest BCUT2D eigenvalue weighted by Crippen LogP contribution is 2.53. The van der Waals surface area contributed by atoms with Crippen molar-refractivity contribution in [2.24, 2.45) is 29.6 Å². The van der Waals surface area contributed by atoms with Gasteiger partial charge in [0, 0.05) is 19.6 Å². The van der Waals surface area contributed by atoms with Crippen LogP contribution in [0.25, 0.3) is 0 Å². The number of amides is 2. The fourth-order valence-electron chi connectivity index (χ4n) is 6.21. The maximum Gasteiger partial charge on any atom is 0.234 e. The van der Waals surface area contributed by atoms with Crippen LogP contribution in [0.1, 0.15) is 44.9 Å². The van der Waals surface area contributed by atoms with Gasteiger partial charge in [0.25, 0.3) is 0 Å². The Morgan fingerprint density at radius 1 is 1.04 bits per heavy atom. The first-order chi connectivity index (χ1) is 11.6. The summed E-state index contributed by atoms with van der Waals surface area (Å²) in [5.74, 6) is 3.66. The van der Waals surface area contributed by atoms with E-state index in [0.29, 0.717) is 12.6 Å². The molecule has 24 heavy (non-hydrogen) atoms. The second kappa shape index (κ2) is 6.66. The number of rotatable bonds is 4. The number of nitrogens with one attached hydrogen (secondary N) is 2. The molecule has 1 atom stereocenters. The van der Waals surface area contributed by atoms with Crippen molar-refractivity contribution >= 4 is 11.8 Å². The van der Waals surface area contributed by atoms with E-state index in [1.807, 2.05) is 0 Å². The predicted molar refractivity (Wildman–Crippen MR) is 92.2 cm³/mol. The summed E-state index contributed by atoms with van der Waals surface area (Å²) in [5.41, 5.74) is 0. The van der Waals surface area contributed by atoms with Crippen molar-refractivity contribution in [1.29, 1.82) is 0 Å². The first kappa shape index (κ1) is 16.4. The lowest BCUT2D eigenvalue weighted by Gasteiger charge is -2.54. The van der Waals surface area contributed by atoms with Gasteiger partial charge in [-0.15, -0.1) is 0 Å². The Balaban J connectivity index is 1.30. The molecule has 1 unspecified atom stereocenters. The maximum atomic E-state index is 12.6. The third-order valence-corrected chi connectivity index (χ3v) is 7.04. The first-order valence-corrected chi connectivity index (χ1v) is 9.85. The molecule has 1 aliphatic heterocycles. The van der Waals surface area contributed by atoms with E-state index >= 15 is 0 Å². The highest BCUT2D eigenvalue weighted by atomic mass is 16.2. The summed E-state index contributed by atoms with van der Waals surface area (Å²) in [6, 6.07) is 0.421. The van der Waals surface area contributed by atoms with Crippen molar-refractivity contribution in [3.8, 4) is 0 Å². The zero-order chi connectivity index (χ0) is 16.7. The Kier molecular flexibility index (Phi) is 4.54. The smallest absolute Gasteiger partial charge is 0.234 e. The number of piperidine rings is 1. The number of nitrogens with zero attached hydrogens (tertiary/aromatic N) is 1. The molecule has 0 aromatic carbocycles. The Labute approximate surface area is 144 Å². The van der Waals surface area contributed by atoms with Crippen molar-refractivity contribution in [3.63, 3.8) is 0 Å². The largest absolute Gasteiger partial charge is 0.359 e. The van der Waals surface area contributed by atoms with Crippen LogP contribution in [0.4, 0.5) is 0 Å². The third-order valence-electron chi connectivity index (χ3n) is 7.04. The van der Waals surface area contributed by atoms with E-state index in [9.17, 15) is 9.59 Å². The molecule has 1 saturated heterocycles. The minimum Gasteiger partial charge on any atom is -0.359 e. The Morgan fingerprint density at radius 3 is 2.33 bits per heavy atom. The van der Waals surface area contributed by atoms with Gasteiger partial charge in [-0.2, -0.15) is 0 Å². The molecule has 0 aromatic heterocycles. The van der Waals surface area contributed by atoms with Gasteiger partial charge in [0.1, 0.15) is 0 Å². The normalized spacial score (nSPS) is 41.2. The lowest BCUT2D eigenvalue weighted by molar-refractivity contribution is -0.130. The van der Waals surface area contributed by atoms with Gasteiger partial charge < -0.3 is 10.6 Å². The molecule has 134 valence electrons. The molecule has 0 aromatic rings. The Bertz CT molecular complexity index is 479. The van der Waals surface area contributed by atoms with Gasteiger partial charge in [0.05, 0.1) is 12.5 Å². The molecule has 4 bridgehead atoms. The summed E-state index contributed by atoms with van der Waals surface area (Å²) in [7, 11) is 1.69. The first-order valence-electron chi connectivity index (χ1n) is 9.85. The van der Waals surface area contributed by atoms with Crippen molar-refractivity contribution in [1.82, 2.24) is 15.5 Å². The fraction of sp³-hybridized carbons (Fsp3) is 0.895. The number of carbonyl (C=O) groups excluding carboxylic acids is 2. The number of hydrogen-bond acceptors (Lipinski definition) is 3. The Morgan fingerprint density at radius 2 is 1.71 bits per heavy atom. The van der Waals surface area contributed by atoms with Crippen LogP contribution in [0, 0.1) is 29.6 Å². The molecule has 2 N–H and O–H groups in total. The third kappa shape index (κ3) is 3.19. The van der Waals surface area contributed by atoms with Crippen LogP contribution in [-0.4, -0.2) is 49.4 Å². The maximum absolute atomic E-state index is 12.6. The molecule has 5 nitrogen and oxygen atoms in total. The molecule has 1 heterocycles. The van der Waals surface area contributed by atoms with Crippen LogP contribution in [-0.2, 0) is 9.59 Å². The number of carbonyl (C=O) groups is 2. The molecule has 5 heteroatoms. The SMILES string of the molecule is CNC(=O)C1CCCN(CC(=O)NC2C3CC4CC(C3)CC2C4)C1. The molecule has 4 aliphatic carbocycles. The number of hydrogen-bond donors (Lipinski definition) is 2. The quantitative estimate of drug-likeness (QED) is 0.817. The van der Waals surface area contributed by atoms with E-state index in [1.165, 1.54) is 32.1 Å². The molecule has 0 spiro atoms. The summed E-state index contributed by atoms with van der Waals surface area (Å²) in [6.45, 7) is 2.10. The van der Waals surface area contributed by atoms with Crippen LogP contribution < -0.4 is 10.6 Å². The second-order valence-corrected chi connectivity index (χ2v) is 8.71. The van der Waals surface area contributed by atoms with Gasteiger partial charge in [-0.1, -0.05) is 0 Å². The highest BCUT2D eigenvalue weighted by molar-refractivity contribution is 5.80. The van der Waals surface area contributed by atoms with E-state index in [2.05, 4.69) is 15.5 Å². The van der Waals surface area contributed by atoms with Crippen LogP contribution in [0.5, 0.6) is 0 Å². The zero-order valence-corrected chi connectivity index (χ0v) is 14.8. The molecule has 4 saturated carbocycles. The second-order valence-electron chi connectivity index (χ2n) is 8.71. The van der Waals surface area contributed by atoms with E-state index in [4.69, 9.17) is 0 Å². The Hall–Kier alpha value is -1.10. The molecule has 5 rings (SSSR count). The summed E-state index contributed by atoms with van der Waals surface area (Å²) < 4.78 is 0. The summed E-state index contributed by atoms with van der Waals surface area (Å²) in [6.07, 6.45) is 8.72. The van der Waals surface area contributed by atoms with Crippen LogP contribution in [0.2, 0.25) is 0 Å². The predicted octanol–water partition coefficient (Wildman–Crippen LogP) is 1.39. The van der Waals surface area contributed by atoms with E-state index in [0.717, 1.165) is 49.6 Å². The zero-order valence-electron chi connectivity index (χ0n) is 14.8. The van der Waals surface area contributed by atoms with E-state index in [-0.39, 0.29) is 17.7 Å². The molecule has 2 amide bonds. The van der Waals surface area contributed by atoms with Crippen molar-refractivity contribution < 1.29 is 9.59 Å². The molecular weight excluding hydrogens is 302 g/mol. The summed E-state index contributed by atoms with van der Waals surface area (Å²) in [5, 5.41) is 6.13. The van der Waals surface area contributed by atoms with Gasteiger partial charge >= 0.3 is 0 Å². The van der Waals surface area contributed by atoms with Crippen molar-refractivity contribution in [2.45, 2.75) is 51.0 Å². The van der Waals surface area contributed by atoms with E-state index < -0.39 is 0 Å². The average Bonchev–Trinajstić information content (AvgIpc) is 2.57. The lowest BCUT2D eigenvalue weighted by Crippen LogP contribution is -2.57. The van der Waals surface area contributed by atoms with Crippen molar-refractivity contribution in [3.05, 3.63) is 0 Å².